The first-order chi connectivity index (χ1) is 23.6. The van der Waals surface area contributed by atoms with Crippen molar-refractivity contribution in [2.45, 2.75) is 244 Å². The molecule has 296 valence electrons. The lowest BCUT2D eigenvalue weighted by atomic mass is 9.76. The van der Waals surface area contributed by atoms with Crippen LogP contribution in [0.1, 0.15) is 231 Å². The van der Waals surface area contributed by atoms with Crippen molar-refractivity contribution < 1.29 is 26.3 Å². The summed E-state index contributed by atoms with van der Waals surface area (Å²) in [5.74, 6) is 0. The number of nitrogens with two attached hydrogens (primary N) is 2. The maximum Gasteiger partial charge on any atom is 0.403 e. The summed E-state index contributed by atoms with van der Waals surface area (Å²) >= 11 is 0. The molecular formula is C41H80F6N2. The maximum atomic E-state index is 14.0. The van der Waals surface area contributed by atoms with Crippen molar-refractivity contribution in [1.82, 2.24) is 0 Å². The van der Waals surface area contributed by atoms with Crippen LogP contribution in [0, 0.1) is 5.41 Å². The standard InChI is InChI=1S/C41H80F6N2/c42-40(43,44)39(41(45,46)47,35-31-27-23-19-15-11-7-3-1-5-9-13-17-21-25-29-33-37-48)36-32-28-24-20-16-12-8-4-2-6-10-14-18-22-26-30-34-38-49/h1-38,48-49H2. The van der Waals surface area contributed by atoms with E-state index in [2.05, 4.69) is 0 Å². The van der Waals surface area contributed by atoms with E-state index < -0.39 is 30.6 Å². The first-order valence-corrected chi connectivity index (χ1v) is 21.2. The second kappa shape index (κ2) is 33.3. The molecule has 0 aliphatic heterocycles. The average molecular weight is 715 g/mol. The van der Waals surface area contributed by atoms with Gasteiger partial charge in [0.15, 0.2) is 5.41 Å². The Labute approximate surface area is 299 Å². The van der Waals surface area contributed by atoms with Crippen molar-refractivity contribution >= 4 is 0 Å². The summed E-state index contributed by atoms with van der Waals surface area (Å²) in [5, 5.41) is 0. The Morgan fingerprint density at radius 3 is 0.510 bits per heavy atom. The van der Waals surface area contributed by atoms with Crippen LogP contribution in [-0.2, 0) is 0 Å². The molecule has 0 saturated heterocycles. The molecule has 0 rings (SSSR count). The largest absolute Gasteiger partial charge is 0.403 e. The van der Waals surface area contributed by atoms with E-state index in [9.17, 15) is 26.3 Å². The fourth-order valence-electron chi connectivity index (χ4n) is 7.30. The molecule has 0 bridgehead atoms. The van der Waals surface area contributed by atoms with Gasteiger partial charge in [0.25, 0.3) is 0 Å². The molecular weight excluding hydrogens is 634 g/mol. The molecule has 0 aliphatic carbocycles. The number of halogens is 6. The Morgan fingerprint density at radius 1 is 0.224 bits per heavy atom. The predicted molar refractivity (Wildman–Crippen MR) is 199 cm³/mol. The van der Waals surface area contributed by atoms with Gasteiger partial charge < -0.3 is 11.5 Å². The van der Waals surface area contributed by atoms with Crippen LogP contribution in [-0.4, -0.2) is 25.4 Å². The molecule has 0 aromatic rings. The molecule has 0 aliphatic rings. The third-order valence-corrected chi connectivity index (χ3v) is 10.7. The molecule has 0 aromatic carbocycles. The van der Waals surface area contributed by atoms with Gasteiger partial charge in [0.1, 0.15) is 0 Å². The first-order valence-electron chi connectivity index (χ1n) is 21.2. The van der Waals surface area contributed by atoms with Crippen molar-refractivity contribution in [2.24, 2.45) is 16.9 Å². The number of alkyl halides is 6. The van der Waals surface area contributed by atoms with Gasteiger partial charge in [-0.1, -0.05) is 205 Å². The van der Waals surface area contributed by atoms with Gasteiger partial charge in [0.2, 0.25) is 0 Å². The second-order valence-corrected chi connectivity index (χ2v) is 15.2. The van der Waals surface area contributed by atoms with Crippen LogP contribution in [0.4, 0.5) is 26.3 Å². The molecule has 2 nitrogen and oxygen atoms in total. The van der Waals surface area contributed by atoms with E-state index in [-0.39, 0.29) is 12.8 Å². The third-order valence-electron chi connectivity index (χ3n) is 10.7. The number of rotatable bonds is 38. The van der Waals surface area contributed by atoms with Crippen LogP contribution >= 0.6 is 0 Å². The van der Waals surface area contributed by atoms with E-state index in [1.54, 1.807) is 0 Å². The zero-order valence-electron chi connectivity index (χ0n) is 31.8. The first kappa shape index (κ1) is 48.5. The zero-order chi connectivity index (χ0) is 36.4. The quantitative estimate of drug-likeness (QED) is 0.0494. The summed E-state index contributed by atoms with van der Waals surface area (Å²) in [6, 6.07) is 0. The summed E-state index contributed by atoms with van der Waals surface area (Å²) in [4.78, 5) is 0. The smallest absolute Gasteiger partial charge is 0.330 e. The monoisotopic (exact) mass is 715 g/mol. The highest BCUT2D eigenvalue weighted by Gasteiger charge is 2.69. The zero-order valence-corrected chi connectivity index (χ0v) is 31.8. The Kier molecular flexibility index (Phi) is 33.0. The molecule has 49 heavy (non-hydrogen) atoms. The van der Waals surface area contributed by atoms with Gasteiger partial charge in [-0.25, -0.2) is 0 Å². The fraction of sp³-hybridized carbons (Fsp3) is 1.00. The van der Waals surface area contributed by atoms with Crippen LogP contribution in [0.5, 0.6) is 0 Å². The fourth-order valence-corrected chi connectivity index (χ4v) is 7.30. The lowest BCUT2D eigenvalue weighted by Gasteiger charge is -2.37. The molecule has 0 saturated carbocycles. The highest BCUT2D eigenvalue weighted by Crippen LogP contribution is 2.56. The summed E-state index contributed by atoms with van der Waals surface area (Å²) in [6.07, 6.45) is 23.8. The van der Waals surface area contributed by atoms with Crippen LogP contribution in [0.15, 0.2) is 0 Å². The van der Waals surface area contributed by atoms with Gasteiger partial charge in [0.05, 0.1) is 0 Å². The van der Waals surface area contributed by atoms with Gasteiger partial charge in [-0.2, -0.15) is 26.3 Å². The van der Waals surface area contributed by atoms with Gasteiger partial charge in [-0.05, 0) is 38.8 Å². The van der Waals surface area contributed by atoms with Crippen molar-refractivity contribution in [3.8, 4) is 0 Å². The van der Waals surface area contributed by atoms with Crippen molar-refractivity contribution in [2.75, 3.05) is 13.1 Å². The molecule has 0 spiro atoms. The van der Waals surface area contributed by atoms with Gasteiger partial charge in [0, 0.05) is 0 Å². The maximum absolute atomic E-state index is 14.0. The summed E-state index contributed by atoms with van der Waals surface area (Å²) in [5.41, 5.74) is 7.47. The SMILES string of the molecule is NCCCCCCCCCCCCCCCCCCCC(CCCCCCCCCCCCCCCCCCCN)(C(F)(F)F)C(F)(F)F. The Balaban J connectivity index is 3.94. The van der Waals surface area contributed by atoms with Gasteiger partial charge >= 0.3 is 12.4 Å². The Hall–Kier alpha value is -0.500. The lowest BCUT2D eigenvalue weighted by molar-refractivity contribution is -0.346. The average Bonchev–Trinajstić information content (AvgIpc) is 3.05. The topological polar surface area (TPSA) is 52.0 Å². The number of hydrogen-bond acceptors (Lipinski definition) is 2. The minimum atomic E-state index is -5.26. The molecule has 0 unspecified atom stereocenters. The van der Waals surface area contributed by atoms with E-state index in [0.29, 0.717) is 25.7 Å². The van der Waals surface area contributed by atoms with Gasteiger partial charge in [-0.15, -0.1) is 0 Å². The molecule has 0 atom stereocenters. The Bertz CT molecular complexity index is 611. The van der Waals surface area contributed by atoms with Crippen LogP contribution < -0.4 is 11.5 Å². The Morgan fingerprint density at radius 2 is 0.367 bits per heavy atom. The van der Waals surface area contributed by atoms with Crippen molar-refractivity contribution in [1.29, 1.82) is 0 Å². The highest BCUT2D eigenvalue weighted by atomic mass is 19.4. The van der Waals surface area contributed by atoms with Gasteiger partial charge in [-0.3, -0.25) is 0 Å². The van der Waals surface area contributed by atoms with E-state index in [1.807, 2.05) is 0 Å². The normalized spacial score (nSPS) is 12.7. The van der Waals surface area contributed by atoms with E-state index in [1.165, 1.54) is 128 Å². The molecule has 0 aromatic heterocycles. The molecule has 8 heteroatoms. The van der Waals surface area contributed by atoms with Crippen LogP contribution in [0.25, 0.3) is 0 Å². The van der Waals surface area contributed by atoms with Crippen LogP contribution in [0.2, 0.25) is 0 Å². The molecule has 4 N–H and O–H groups in total. The van der Waals surface area contributed by atoms with Crippen molar-refractivity contribution in [3.63, 3.8) is 0 Å². The summed E-state index contributed by atoms with van der Waals surface area (Å²) in [7, 11) is 0. The third kappa shape index (κ3) is 27.8. The summed E-state index contributed by atoms with van der Waals surface area (Å²) in [6.45, 7) is 1.59. The minimum absolute atomic E-state index is 0.0126. The molecule has 0 amide bonds. The second-order valence-electron chi connectivity index (χ2n) is 15.2. The minimum Gasteiger partial charge on any atom is -0.330 e. The van der Waals surface area contributed by atoms with E-state index >= 15 is 0 Å². The predicted octanol–water partition coefficient (Wildman–Crippen LogP) is 15.1. The van der Waals surface area contributed by atoms with Crippen LogP contribution in [0.3, 0.4) is 0 Å². The number of hydrogen-bond donors (Lipinski definition) is 2. The van der Waals surface area contributed by atoms with Crippen molar-refractivity contribution in [3.05, 3.63) is 0 Å². The number of unbranched alkanes of at least 4 members (excludes halogenated alkanes) is 32. The molecule has 0 fully saturated rings. The lowest BCUT2D eigenvalue weighted by Crippen LogP contribution is -2.50. The van der Waals surface area contributed by atoms with E-state index in [0.717, 1.165) is 64.5 Å². The summed E-state index contributed by atoms with van der Waals surface area (Å²) < 4.78 is 83.9. The molecule has 0 heterocycles. The molecule has 0 radical (unpaired) electrons. The van der Waals surface area contributed by atoms with E-state index in [4.69, 9.17) is 11.5 Å². The highest BCUT2D eigenvalue weighted by molar-refractivity contribution is 4.93.